The molecule has 0 aliphatic rings. The van der Waals surface area contributed by atoms with Crippen molar-refractivity contribution >= 4 is 0 Å². The minimum atomic E-state index is -0.668. The number of unbranched alkanes of at least 4 members (excludes halogenated alkanes) is 1. The molecule has 0 spiro atoms. The van der Waals surface area contributed by atoms with E-state index in [1.807, 2.05) is 31.2 Å². The second kappa shape index (κ2) is 5.87. The topological polar surface area (TPSA) is 33.4 Å². The maximum Gasteiger partial charge on any atom is 0.137 e. The molecule has 0 aliphatic heterocycles. The number of aliphatic hydroxyl groups excluding tert-OH is 1. The van der Waals surface area contributed by atoms with Gasteiger partial charge in [0.05, 0.1) is 0 Å². The van der Waals surface area contributed by atoms with Gasteiger partial charge in [-0.1, -0.05) is 37.6 Å². The summed E-state index contributed by atoms with van der Waals surface area (Å²) < 4.78 is 5.44. The molecule has 1 heterocycles. The van der Waals surface area contributed by atoms with E-state index in [4.69, 9.17) is 4.42 Å². The number of aryl methyl sites for hydroxylation is 2. The third-order valence-corrected chi connectivity index (χ3v) is 3.15. The first kappa shape index (κ1) is 12.9. The lowest BCUT2D eigenvalue weighted by Crippen LogP contribution is -1.98. The summed E-state index contributed by atoms with van der Waals surface area (Å²) in [7, 11) is 0. The molecule has 0 bridgehead atoms. The highest BCUT2D eigenvalue weighted by molar-refractivity contribution is 5.28. The summed E-state index contributed by atoms with van der Waals surface area (Å²) in [5, 5.41) is 10.2. The molecule has 0 radical (unpaired) electrons. The van der Waals surface area contributed by atoms with Gasteiger partial charge in [-0.05, 0) is 43.0 Å². The van der Waals surface area contributed by atoms with Gasteiger partial charge in [0.25, 0.3) is 0 Å². The van der Waals surface area contributed by atoms with E-state index in [0.29, 0.717) is 5.76 Å². The van der Waals surface area contributed by atoms with Gasteiger partial charge in [0.2, 0.25) is 0 Å². The lowest BCUT2D eigenvalue weighted by Gasteiger charge is -2.09. The summed E-state index contributed by atoms with van der Waals surface area (Å²) in [6.45, 7) is 4.07. The van der Waals surface area contributed by atoms with Gasteiger partial charge in [-0.15, -0.1) is 0 Å². The van der Waals surface area contributed by atoms with Crippen LogP contribution in [-0.2, 0) is 6.42 Å². The van der Waals surface area contributed by atoms with Crippen LogP contribution in [0.1, 0.15) is 48.5 Å². The maximum atomic E-state index is 10.2. The molecule has 96 valence electrons. The van der Waals surface area contributed by atoms with Crippen molar-refractivity contribution in [3.63, 3.8) is 0 Å². The summed E-state index contributed by atoms with van der Waals surface area (Å²) in [4.78, 5) is 0. The monoisotopic (exact) mass is 244 g/mol. The van der Waals surface area contributed by atoms with Crippen LogP contribution in [0.5, 0.6) is 0 Å². The van der Waals surface area contributed by atoms with Crippen molar-refractivity contribution < 1.29 is 9.52 Å². The summed E-state index contributed by atoms with van der Waals surface area (Å²) in [6.07, 6.45) is 2.85. The number of rotatable bonds is 5. The SMILES string of the molecule is CCCCc1ccc([C@@H](O)c2ccc(C)o2)cc1. The molecular formula is C16H20O2. The Bertz CT molecular complexity index is 482. The van der Waals surface area contributed by atoms with Gasteiger partial charge in [-0.25, -0.2) is 0 Å². The Balaban J connectivity index is 2.09. The second-order valence-corrected chi connectivity index (χ2v) is 4.70. The fourth-order valence-corrected chi connectivity index (χ4v) is 2.01. The van der Waals surface area contributed by atoms with Gasteiger partial charge in [-0.3, -0.25) is 0 Å². The zero-order valence-corrected chi connectivity index (χ0v) is 11.0. The van der Waals surface area contributed by atoms with E-state index in [2.05, 4.69) is 19.1 Å². The average Bonchev–Trinajstić information content (AvgIpc) is 2.83. The van der Waals surface area contributed by atoms with Crippen LogP contribution < -0.4 is 0 Å². The Labute approximate surface area is 108 Å². The first-order chi connectivity index (χ1) is 8.70. The highest BCUT2D eigenvalue weighted by Gasteiger charge is 2.13. The number of benzene rings is 1. The predicted octanol–water partition coefficient (Wildman–Crippen LogP) is 4.01. The van der Waals surface area contributed by atoms with Gasteiger partial charge >= 0.3 is 0 Å². The third kappa shape index (κ3) is 3.02. The van der Waals surface area contributed by atoms with Crippen molar-refractivity contribution in [2.24, 2.45) is 0 Å². The zero-order chi connectivity index (χ0) is 13.0. The molecule has 1 aromatic carbocycles. The number of furan rings is 1. The fourth-order valence-electron chi connectivity index (χ4n) is 2.01. The van der Waals surface area contributed by atoms with Gasteiger partial charge in [0.1, 0.15) is 17.6 Å². The highest BCUT2D eigenvalue weighted by atomic mass is 16.4. The van der Waals surface area contributed by atoms with Crippen molar-refractivity contribution in [3.8, 4) is 0 Å². The normalized spacial score (nSPS) is 12.6. The molecule has 0 fully saturated rings. The standard InChI is InChI=1S/C16H20O2/c1-3-4-5-13-7-9-14(10-8-13)16(17)15-11-6-12(2)18-15/h6-11,16-17H,3-5H2,1-2H3/t16-/m1/s1. The molecule has 0 saturated heterocycles. The third-order valence-electron chi connectivity index (χ3n) is 3.15. The van der Waals surface area contributed by atoms with Crippen LogP contribution in [0.3, 0.4) is 0 Å². The van der Waals surface area contributed by atoms with Gasteiger partial charge < -0.3 is 9.52 Å². The molecule has 1 N–H and O–H groups in total. The summed E-state index contributed by atoms with van der Waals surface area (Å²) >= 11 is 0. The molecule has 2 heteroatoms. The molecule has 2 aromatic rings. The summed E-state index contributed by atoms with van der Waals surface area (Å²) in [6, 6.07) is 11.8. The van der Waals surface area contributed by atoms with Gasteiger partial charge in [-0.2, -0.15) is 0 Å². The Morgan fingerprint density at radius 1 is 1.11 bits per heavy atom. The molecular weight excluding hydrogens is 224 g/mol. The molecule has 0 aliphatic carbocycles. The van der Waals surface area contributed by atoms with Crippen LogP contribution in [0.2, 0.25) is 0 Å². The minimum absolute atomic E-state index is 0.605. The molecule has 2 nitrogen and oxygen atoms in total. The van der Waals surface area contributed by atoms with Crippen LogP contribution in [-0.4, -0.2) is 5.11 Å². The van der Waals surface area contributed by atoms with E-state index < -0.39 is 6.10 Å². The zero-order valence-electron chi connectivity index (χ0n) is 11.0. The Morgan fingerprint density at radius 2 is 1.83 bits per heavy atom. The number of hydrogen-bond donors (Lipinski definition) is 1. The largest absolute Gasteiger partial charge is 0.463 e. The average molecular weight is 244 g/mol. The second-order valence-electron chi connectivity index (χ2n) is 4.70. The smallest absolute Gasteiger partial charge is 0.137 e. The summed E-state index contributed by atoms with van der Waals surface area (Å²) in [5.41, 5.74) is 2.20. The Hall–Kier alpha value is -1.54. The molecule has 2 rings (SSSR count). The van der Waals surface area contributed by atoms with Crippen molar-refractivity contribution in [3.05, 3.63) is 59.0 Å². The Kier molecular flexibility index (Phi) is 4.21. The molecule has 18 heavy (non-hydrogen) atoms. The lowest BCUT2D eigenvalue weighted by molar-refractivity contribution is 0.187. The van der Waals surface area contributed by atoms with E-state index in [0.717, 1.165) is 17.7 Å². The highest BCUT2D eigenvalue weighted by Crippen LogP contribution is 2.24. The van der Waals surface area contributed by atoms with Crippen molar-refractivity contribution in [1.29, 1.82) is 0 Å². The van der Waals surface area contributed by atoms with E-state index >= 15 is 0 Å². The fraction of sp³-hybridized carbons (Fsp3) is 0.375. The molecule has 0 amide bonds. The van der Waals surface area contributed by atoms with Crippen molar-refractivity contribution in [2.75, 3.05) is 0 Å². The number of aliphatic hydroxyl groups is 1. The van der Waals surface area contributed by atoms with E-state index in [1.54, 1.807) is 0 Å². The first-order valence-corrected chi connectivity index (χ1v) is 6.54. The summed E-state index contributed by atoms with van der Waals surface area (Å²) in [5.74, 6) is 1.43. The number of hydrogen-bond acceptors (Lipinski definition) is 2. The van der Waals surface area contributed by atoms with E-state index in [1.165, 1.54) is 18.4 Å². The van der Waals surface area contributed by atoms with Crippen LogP contribution >= 0.6 is 0 Å². The van der Waals surface area contributed by atoms with Gasteiger partial charge in [0.15, 0.2) is 0 Å². The molecule has 1 atom stereocenters. The van der Waals surface area contributed by atoms with Gasteiger partial charge in [0, 0.05) is 0 Å². The molecule has 0 unspecified atom stereocenters. The minimum Gasteiger partial charge on any atom is -0.463 e. The lowest BCUT2D eigenvalue weighted by atomic mass is 10.0. The molecule has 1 aromatic heterocycles. The van der Waals surface area contributed by atoms with Crippen LogP contribution in [0.25, 0.3) is 0 Å². The van der Waals surface area contributed by atoms with E-state index in [9.17, 15) is 5.11 Å². The Morgan fingerprint density at radius 3 is 2.39 bits per heavy atom. The predicted molar refractivity (Wildman–Crippen MR) is 72.6 cm³/mol. The van der Waals surface area contributed by atoms with Crippen LogP contribution in [0, 0.1) is 6.92 Å². The van der Waals surface area contributed by atoms with Crippen LogP contribution in [0.4, 0.5) is 0 Å². The van der Waals surface area contributed by atoms with Crippen LogP contribution in [0.15, 0.2) is 40.8 Å². The van der Waals surface area contributed by atoms with Crippen molar-refractivity contribution in [2.45, 2.75) is 39.2 Å². The maximum absolute atomic E-state index is 10.2. The quantitative estimate of drug-likeness (QED) is 0.862. The van der Waals surface area contributed by atoms with E-state index in [-0.39, 0.29) is 0 Å². The van der Waals surface area contributed by atoms with Crippen molar-refractivity contribution in [1.82, 2.24) is 0 Å². The first-order valence-electron chi connectivity index (χ1n) is 6.54. The molecule has 0 saturated carbocycles.